The predicted octanol–water partition coefficient (Wildman–Crippen LogP) is 3.33. The van der Waals surface area contributed by atoms with Gasteiger partial charge in [0.05, 0.1) is 17.5 Å². The highest BCUT2D eigenvalue weighted by Gasteiger charge is 2.37. The van der Waals surface area contributed by atoms with E-state index in [9.17, 15) is 14.4 Å². The Hall–Kier alpha value is -3.94. The van der Waals surface area contributed by atoms with E-state index in [1.807, 2.05) is 80.4 Å². The normalized spacial score (nSPS) is 16.9. The average Bonchev–Trinajstić information content (AvgIpc) is 2.96. The third kappa shape index (κ3) is 5.82. The minimum absolute atomic E-state index is 0.132. The number of likely N-dealkylation sites (N-methyl/N-ethyl adjacent to an activating group) is 1. The summed E-state index contributed by atoms with van der Waals surface area (Å²) in [6.45, 7) is 7.65. The van der Waals surface area contributed by atoms with Crippen LogP contribution in [0, 0.1) is 17.8 Å². The SMILES string of the molecule is C=CC[C@H](C(N)=O)[C@@H](CC(C)C)C(=O)NC1N=C(N(C)c2ccccc2)c2ccccc2N(C)C1=O. The first-order chi connectivity index (χ1) is 17.1. The number of rotatable bonds is 9. The molecule has 0 bridgehead atoms. The van der Waals surface area contributed by atoms with Crippen molar-refractivity contribution in [3.05, 3.63) is 72.8 Å². The van der Waals surface area contributed by atoms with Gasteiger partial charge in [0.25, 0.3) is 5.91 Å². The molecule has 3 amide bonds. The highest BCUT2D eigenvalue weighted by molar-refractivity contribution is 6.17. The maximum Gasteiger partial charge on any atom is 0.272 e. The summed E-state index contributed by atoms with van der Waals surface area (Å²) in [6, 6.07) is 17.1. The number of benzene rings is 2. The third-order valence-electron chi connectivity index (χ3n) is 6.40. The lowest BCUT2D eigenvalue weighted by Crippen LogP contribution is -2.50. The van der Waals surface area contributed by atoms with Crippen molar-refractivity contribution in [2.24, 2.45) is 28.5 Å². The minimum Gasteiger partial charge on any atom is -0.369 e. The van der Waals surface area contributed by atoms with E-state index in [1.165, 1.54) is 4.90 Å². The van der Waals surface area contributed by atoms with Gasteiger partial charge in [0.2, 0.25) is 18.0 Å². The molecule has 8 heteroatoms. The summed E-state index contributed by atoms with van der Waals surface area (Å²) in [5.41, 5.74) is 7.98. The van der Waals surface area contributed by atoms with Crippen molar-refractivity contribution < 1.29 is 14.4 Å². The molecule has 0 radical (unpaired) electrons. The second kappa shape index (κ2) is 11.7. The van der Waals surface area contributed by atoms with Gasteiger partial charge in [-0.25, -0.2) is 4.99 Å². The minimum atomic E-state index is -1.18. The molecule has 1 aliphatic rings. The van der Waals surface area contributed by atoms with Crippen LogP contribution in [-0.4, -0.2) is 43.8 Å². The number of hydrogen-bond donors (Lipinski definition) is 2. The molecular formula is C28H35N5O3. The van der Waals surface area contributed by atoms with Gasteiger partial charge in [-0.15, -0.1) is 6.58 Å². The van der Waals surface area contributed by atoms with Crippen LogP contribution in [-0.2, 0) is 14.4 Å². The summed E-state index contributed by atoms with van der Waals surface area (Å²) in [4.78, 5) is 47.4. The highest BCUT2D eigenvalue weighted by atomic mass is 16.2. The fourth-order valence-corrected chi connectivity index (χ4v) is 4.50. The van der Waals surface area contributed by atoms with Gasteiger partial charge < -0.3 is 20.9 Å². The molecule has 2 aromatic carbocycles. The van der Waals surface area contributed by atoms with Crippen LogP contribution in [0.2, 0.25) is 0 Å². The van der Waals surface area contributed by atoms with E-state index in [2.05, 4.69) is 11.9 Å². The smallest absolute Gasteiger partial charge is 0.272 e. The standard InChI is InChI=1S/C28H35N5O3/c1-6-12-20(24(29)34)22(17-18(2)3)27(35)31-25-28(36)33(5)23-16-11-10-15-21(23)26(30-25)32(4)19-13-8-7-9-14-19/h6-11,13-16,18,20,22,25H,1,12,17H2,2-5H3,(H2,29,34)(H,31,35)/t20-,22+,25?/m0/s1. The fraction of sp³-hybridized carbons (Fsp3) is 0.357. The van der Waals surface area contributed by atoms with Crippen LogP contribution in [0.3, 0.4) is 0 Å². The van der Waals surface area contributed by atoms with Crippen LogP contribution in [0.1, 0.15) is 32.3 Å². The van der Waals surface area contributed by atoms with Crippen LogP contribution >= 0.6 is 0 Å². The third-order valence-corrected chi connectivity index (χ3v) is 6.40. The van der Waals surface area contributed by atoms with E-state index in [1.54, 1.807) is 13.1 Å². The Morgan fingerprint density at radius 1 is 1.14 bits per heavy atom. The average molecular weight is 490 g/mol. The summed E-state index contributed by atoms with van der Waals surface area (Å²) < 4.78 is 0. The number of carbonyl (C=O) groups is 3. The first-order valence-electron chi connectivity index (χ1n) is 12.1. The number of hydrogen-bond acceptors (Lipinski definition) is 5. The Bertz CT molecular complexity index is 1140. The van der Waals surface area contributed by atoms with Gasteiger partial charge in [-0.05, 0) is 43.0 Å². The molecule has 1 heterocycles. The van der Waals surface area contributed by atoms with Gasteiger partial charge in [0, 0.05) is 25.3 Å². The largest absolute Gasteiger partial charge is 0.369 e. The number of aliphatic imine (C=N–C) groups is 1. The van der Waals surface area contributed by atoms with Crippen molar-refractivity contribution in [2.75, 3.05) is 23.9 Å². The number of anilines is 2. The molecule has 3 atom stereocenters. The van der Waals surface area contributed by atoms with Gasteiger partial charge in [-0.2, -0.15) is 0 Å². The van der Waals surface area contributed by atoms with E-state index < -0.39 is 29.8 Å². The van der Waals surface area contributed by atoms with Crippen molar-refractivity contribution in [1.29, 1.82) is 0 Å². The van der Waals surface area contributed by atoms with E-state index in [0.29, 0.717) is 17.9 Å². The molecule has 1 unspecified atom stereocenters. The van der Waals surface area contributed by atoms with Crippen LogP contribution in [0.5, 0.6) is 0 Å². The zero-order valence-corrected chi connectivity index (χ0v) is 21.3. The van der Waals surface area contributed by atoms with Crippen molar-refractivity contribution in [2.45, 2.75) is 32.9 Å². The Kier molecular flexibility index (Phi) is 8.64. The summed E-state index contributed by atoms with van der Waals surface area (Å²) in [6.07, 6.45) is 1.12. The zero-order valence-electron chi connectivity index (χ0n) is 21.3. The van der Waals surface area contributed by atoms with Crippen LogP contribution in [0.25, 0.3) is 0 Å². The topological polar surface area (TPSA) is 108 Å². The number of nitrogens with two attached hydrogens (primary N) is 1. The monoisotopic (exact) mass is 489 g/mol. The lowest BCUT2D eigenvalue weighted by Gasteiger charge is -2.27. The number of carbonyl (C=O) groups excluding carboxylic acids is 3. The number of benzodiazepines with no additional fused rings is 1. The molecule has 0 fully saturated rings. The first-order valence-corrected chi connectivity index (χ1v) is 12.1. The number of primary amides is 1. The molecule has 3 N–H and O–H groups in total. The second-order valence-corrected chi connectivity index (χ2v) is 9.44. The van der Waals surface area contributed by atoms with Crippen molar-refractivity contribution >= 4 is 34.9 Å². The molecule has 3 rings (SSSR count). The molecule has 0 aromatic heterocycles. The van der Waals surface area contributed by atoms with Crippen molar-refractivity contribution in [3.8, 4) is 0 Å². The number of fused-ring (bicyclic) bond motifs is 1. The lowest BCUT2D eigenvalue weighted by atomic mass is 9.82. The Labute approximate surface area is 212 Å². The number of amides is 3. The molecule has 36 heavy (non-hydrogen) atoms. The van der Waals surface area contributed by atoms with Gasteiger partial charge in [0.1, 0.15) is 5.84 Å². The maximum absolute atomic E-state index is 13.5. The molecule has 8 nitrogen and oxygen atoms in total. The Morgan fingerprint density at radius 3 is 2.39 bits per heavy atom. The molecule has 0 spiro atoms. The van der Waals surface area contributed by atoms with Crippen molar-refractivity contribution in [3.63, 3.8) is 0 Å². The molecular weight excluding hydrogens is 454 g/mol. The number of amidine groups is 1. The van der Waals surface area contributed by atoms with Crippen LogP contribution in [0.15, 0.2) is 72.2 Å². The second-order valence-electron chi connectivity index (χ2n) is 9.44. The number of nitrogens with zero attached hydrogens (tertiary/aromatic N) is 3. The van der Waals surface area contributed by atoms with Crippen LogP contribution < -0.4 is 20.9 Å². The number of allylic oxidation sites excluding steroid dienone is 1. The van der Waals surface area contributed by atoms with Gasteiger partial charge in [0.15, 0.2) is 0 Å². The van der Waals surface area contributed by atoms with Crippen LogP contribution in [0.4, 0.5) is 11.4 Å². The zero-order chi connectivity index (χ0) is 26.4. The van der Waals surface area contributed by atoms with E-state index in [-0.39, 0.29) is 18.2 Å². The summed E-state index contributed by atoms with van der Waals surface area (Å²) >= 11 is 0. The fourth-order valence-electron chi connectivity index (χ4n) is 4.50. The Morgan fingerprint density at radius 2 is 1.78 bits per heavy atom. The molecule has 0 saturated carbocycles. The maximum atomic E-state index is 13.5. The van der Waals surface area contributed by atoms with E-state index in [4.69, 9.17) is 10.7 Å². The molecule has 0 aliphatic carbocycles. The molecule has 1 aliphatic heterocycles. The molecule has 190 valence electrons. The summed E-state index contributed by atoms with van der Waals surface area (Å²) in [5.74, 6) is -2.15. The quantitative estimate of drug-likeness (QED) is 0.527. The lowest BCUT2D eigenvalue weighted by molar-refractivity contribution is -0.135. The van der Waals surface area contributed by atoms with Gasteiger partial charge in [-0.3, -0.25) is 14.4 Å². The number of para-hydroxylation sites is 2. The van der Waals surface area contributed by atoms with E-state index in [0.717, 1.165) is 11.3 Å². The van der Waals surface area contributed by atoms with E-state index >= 15 is 0 Å². The van der Waals surface area contributed by atoms with Crippen molar-refractivity contribution in [1.82, 2.24) is 5.32 Å². The summed E-state index contributed by atoms with van der Waals surface area (Å²) in [7, 11) is 3.53. The Balaban J connectivity index is 2.04. The predicted molar refractivity (Wildman–Crippen MR) is 144 cm³/mol. The summed E-state index contributed by atoms with van der Waals surface area (Å²) in [5, 5.41) is 2.82. The molecule has 0 saturated heterocycles. The highest BCUT2D eigenvalue weighted by Crippen LogP contribution is 2.29. The molecule has 2 aromatic rings. The first kappa shape index (κ1) is 26.7. The van der Waals surface area contributed by atoms with Gasteiger partial charge in [-0.1, -0.05) is 50.3 Å². The van der Waals surface area contributed by atoms with Gasteiger partial charge >= 0.3 is 0 Å². The number of nitrogens with one attached hydrogen (secondary N) is 1.